The summed E-state index contributed by atoms with van der Waals surface area (Å²) >= 11 is 0. The Morgan fingerprint density at radius 2 is 1.82 bits per heavy atom. The lowest BCUT2D eigenvalue weighted by molar-refractivity contribution is -0.142. The van der Waals surface area contributed by atoms with E-state index >= 15 is 0 Å². The molecule has 2 heterocycles. The van der Waals surface area contributed by atoms with Gasteiger partial charge in [-0.1, -0.05) is 42.5 Å². The third-order valence-corrected chi connectivity index (χ3v) is 5.18. The van der Waals surface area contributed by atoms with Crippen molar-refractivity contribution in [3.63, 3.8) is 0 Å². The second-order valence-electron chi connectivity index (χ2n) is 7.29. The van der Waals surface area contributed by atoms with Gasteiger partial charge < -0.3 is 24.0 Å². The van der Waals surface area contributed by atoms with Gasteiger partial charge in [-0.15, -0.1) is 0 Å². The third-order valence-electron chi connectivity index (χ3n) is 5.18. The van der Waals surface area contributed by atoms with Crippen LogP contribution in [0.25, 0.3) is 0 Å². The maximum Gasteiger partial charge on any atom is 0.249 e. The molecule has 0 aliphatic carbocycles. The highest BCUT2D eigenvalue weighted by Gasteiger charge is 2.30. The average molecular weight is 382 g/mol. The Balaban J connectivity index is 1.31. The van der Waals surface area contributed by atoms with E-state index < -0.39 is 0 Å². The number of fused-ring (bicyclic) bond motifs is 1. The van der Waals surface area contributed by atoms with E-state index in [4.69, 9.17) is 14.2 Å². The molecule has 0 saturated carbocycles. The Morgan fingerprint density at radius 1 is 1.07 bits per heavy atom. The van der Waals surface area contributed by atoms with Gasteiger partial charge >= 0.3 is 0 Å². The maximum absolute atomic E-state index is 12.8. The largest absolute Gasteiger partial charge is 0.486 e. The molecular formula is C22H26N2O4. The molecule has 2 aliphatic heterocycles. The summed E-state index contributed by atoms with van der Waals surface area (Å²) in [6.07, 6.45) is -0.208. The number of carbonyl (C=O) groups is 1. The molecule has 0 unspecified atom stereocenters. The Kier molecular flexibility index (Phi) is 5.78. The first-order valence-electron chi connectivity index (χ1n) is 9.70. The lowest BCUT2D eigenvalue weighted by Gasteiger charge is -2.40. The minimum absolute atomic E-state index is 0.0130. The number of carbonyl (C=O) groups excluding carboxylic acids is 1. The zero-order valence-electron chi connectivity index (χ0n) is 16.1. The van der Waals surface area contributed by atoms with Gasteiger partial charge in [-0.3, -0.25) is 4.79 Å². The fraction of sp³-hybridized carbons (Fsp3) is 0.409. The van der Waals surface area contributed by atoms with Crippen molar-refractivity contribution in [2.24, 2.45) is 0 Å². The summed E-state index contributed by atoms with van der Waals surface area (Å²) in [5.41, 5.74) is 1.16. The molecule has 148 valence electrons. The minimum atomic E-state index is -0.208. The number of nitrogens with zero attached hydrogens (tertiary/aromatic N) is 2. The molecule has 2 aromatic rings. The Labute approximate surface area is 165 Å². The molecule has 0 spiro atoms. The fourth-order valence-electron chi connectivity index (χ4n) is 3.68. The lowest BCUT2D eigenvalue weighted by Crippen LogP contribution is -2.50. The Bertz CT molecular complexity index is 798. The molecule has 0 radical (unpaired) electrons. The number of ether oxygens (including phenoxy) is 3. The molecule has 1 saturated heterocycles. The van der Waals surface area contributed by atoms with Crippen LogP contribution >= 0.6 is 0 Å². The predicted octanol–water partition coefficient (Wildman–Crippen LogP) is 2.36. The van der Waals surface area contributed by atoms with E-state index in [1.54, 1.807) is 0 Å². The van der Waals surface area contributed by atoms with Crippen molar-refractivity contribution in [3.8, 4) is 11.5 Å². The first kappa shape index (κ1) is 18.8. The van der Waals surface area contributed by atoms with E-state index in [9.17, 15) is 4.79 Å². The maximum atomic E-state index is 12.8. The van der Waals surface area contributed by atoms with Crippen LogP contribution in [-0.4, -0.2) is 68.3 Å². The number of hydrogen-bond donors (Lipinski definition) is 0. The standard InChI is InChI=1S/C22H26N2O4/c1-23-11-12-24(19(13-23)17-7-3-2-4-8-17)22(25)16-26-14-18-15-27-20-9-5-6-10-21(20)28-18/h2-10,18-19H,11-16H2,1H3/t18-,19+/m1/s1. The highest BCUT2D eigenvalue weighted by Crippen LogP contribution is 2.31. The van der Waals surface area contributed by atoms with E-state index in [0.29, 0.717) is 19.8 Å². The topological polar surface area (TPSA) is 51.2 Å². The molecule has 2 atom stereocenters. The molecular weight excluding hydrogens is 356 g/mol. The summed E-state index contributed by atoms with van der Waals surface area (Å²) in [5.74, 6) is 1.48. The Morgan fingerprint density at radius 3 is 2.64 bits per heavy atom. The van der Waals surface area contributed by atoms with Gasteiger partial charge in [-0.25, -0.2) is 0 Å². The van der Waals surface area contributed by atoms with Crippen molar-refractivity contribution in [2.75, 3.05) is 46.5 Å². The molecule has 6 nitrogen and oxygen atoms in total. The number of amides is 1. The average Bonchev–Trinajstić information content (AvgIpc) is 2.74. The van der Waals surface area contributed by atoms with Gasteiger partial charge in [-0.2, -0.15) is 0 Å². The van der Waals surface area contributed by atoms with Crippen LogP contribution in [-0.2, 0) is 9.53 Å². The van der Waals surface area contributed by atoms with E-state index in [1.807, 2.05) is 47.4 Å². The number of rotatable bonds is 5. The monoisotopic (exact) mass is 382 g/mol. The van der Waals surface area contributed by atoms with Crippen molar-refractivity contribution in [1.82, 2.24) is 9.80 Å². The summed E-state index contributed by atoms with van der Waals surface area (Å²) in [5, 5.41) is 0. The third kappa shape index (κ3) is 4.29. The number of likely N-dealkylation sites (N-methyl/N-ethyl adjacent to an activating group) is 1. The van der Waals surface area contributed by atoms with Crippen molar-refractivity contribution in [1.29, 1.82) is 0 Å². The van der Waals surface area contributed by atoms with E-state index in [-0.39, 0.29) is 24.7 Å². The molecule has 6 heteroatoms. The molecule has 4 rings (SSSR count). The zero-order chi connectivity index (χ0) is 19.3. The van der Waals surface area contributed by atoms with Crippen LogP contribution in [0.2, 0.25) is 0 Å². The van der Waals surface area contributed by atoms with Crippen LogP contribution in [0.3, 0.4) is 0 Å². The highest BCUT2D eigenvalue weighted by atomic mass is 16.6. The van der Waals surface area contributed by atoms with Crippen LogP contribution < -0.4 is 9.47 Å². The molecule has 0 N–H and O–H groups in total. The van der Waals surface area contributed by atoms with Crippen molar-refractivity contribution in [3.05, 3.63) is 60.2 Å². The number of para-hydroxylation sites is 2. The number of hydrogen-bond acceptors (Lipinski definition) is 5. The Hall–Kier alpha value is -2.57. The van der Waals surface area contributed by atoms with Crippen LogP contribution in [0, 0.1) is 0 Å². The summed E-state index contributed by atoms with van der Waals surface area (Å²) in [4.78, 5) is 17.0. The second kappa shape index (κ2) is 8.63. The molecule has 0 bridgehead atoms. The van der Waals surface area contributed by atoms with Gasteiger partial charge in [0.2, 0.25) is 5.91 Å². The first-order chi connectivity index (χ1) is 13.7. The SMILES string of the molecule is CN1CCN(C(=O)COC[C@@H]2COc3ccccc3O2)[C@H](c2ccccc2)C1. The first-order valence-corrected chi connectivity index (χ1v) is 9.70. The van der Waals surface area contributed by atoms with E-state index in [1.165, 1.54) is 0 Å². The van der Waals surface area contributed by atoms with Crippen LogP contribution in [0.5, 0.6) is 11.5 Å². The van der Waals surface area contributed by atoms with Crippen LogP contribution in [0.1, 0.15) is 11.6 Å². The van der Waals surface area contributed by atoms with Crippen LogP contribution in [0.4, 0.5) is 0 Å². The molecule has 2 aromatic carbocycles. The lowest BCUT2D eigenvalue weighted by atomic mass is 10.0. The van der Waals surface area contributed by atoms with Crippen molar-refractivity contribution in [2.45, 2.75) is 12.1 Å². The smallest absolute Gasteiger partial charge is 0.249 e. The number of piperazine rings is 1. The molecule has 1 amide bonds. The molecule has 0 aromatic heterocycles. The van der Waals surface area contributed by atoms with Gasteiger partial charge in [0, 0.05) is 19.6 Å². The quantitative estimate of drug-likeness (QED) is 0.795. The summed E-state index contributed by atoms with van der Waals surface area (Å²) < 4.78 is 17.3. The fourth-order valence-corrected chi connectivity index (χ4v) is 3.68. The van der Waals surface area contributed by atoms with Crippen molar-refractivity contribution < 1.29 is 19.0 Å². The van der Waals surface area contributed by atoms with Gasteiger partial charge in [0.05, 0.1) is 12.6 Å². The summed E-state index contributed by atoms with van der Waals surface area (Å²) in [6, 6.07) is 17.8. The van der Waals surface area contributed by atoms with Gasteiger partial charge in [0.15, 0.2) is 17.6 Å². The van der Waals surface area contributed by atoms with Crippen LogP contribution in [0.15, 0.2) is 54.6 Å². The summed E-state index contributed by atoms with van der Waals surface area (Å²) in [7, 11) is 2.09. The van der Waals surface area contributed by atoms with Gasteiger partial charge in [0.25, 0.3) is 0 Å². The summed E-state index contributed by atoms with van der Waals surface area (Å²) in [6.45, 7) is 3.19. The normalized spacial score (nSPS) is 22.1. The predicted molar refractivity (Wildman–Crippen MR) is 106 cm³/mol. The molecule has 2 aliphatic rings. The van der Waals surface area contributed by atoms with E-state index in [0.717, 1.165) is 30.2 Å². The van der Waals surface area contributed by atoms with E-state index in [2.05, 4.69) is 24.1 Å². The molecule has 1 fully saturated rings. The minimum Gasteiger partial charge on any atom is -0.486 e. The zero-order valence-corrected chi connectivity index (χ0v) is 16.1. The molecule has 28 heavy (non-hydrogen) atoms. The highest BCUT2D eigenvalue weighted by molar-refractivity contribution is 5.78. The van der Waals surface area contributed by atoms with Gasteiger partial charge in [0.1, 0.15) is 13.2 Å². The number of benzene rings is 2. The van der Waals surface area contributed by atoms with Gasteiger partial charge in [-0.05, 0) is 24.7 Å². The second-order valence-corrected chi connectivity index (χ2v) is 7.29. The van der Waals surface area contributed by atoms with Crippen molar-refractivity contribution >= 4 is 5.91 Å².